The number of carbonyl (C=O) groups is 3. The maximum absolute atomic E-state index is 13.9. The summed E-state index contributed by atoms with van der Waals surface area (Å²) in [5.74, 6) is -2.67. The van der Waals surface area contributed by atoms with E-state index in [9.17, 15) is 23.9 Å². The van der Waals surface area contributed by atoms with E-state index >= 15 is 0 Å². The standard InChI is InChI=1S/C31H34FN5O4/c1-35(2)14-15-36(3)19-27(38)37(4)24-11-9-23(10-12-24)33-30(21-7-5-6-20(16-21)17-28(39)40)29-25-13-8-22(32)18-26(25)34-31(29)41/h5-13,16,18,29H,14-15,17,19H2,1-4H3,(H,34,41)(H,39,40). The van der Waals surface area contributed by atoms with E-state index in [1.54, 1.807) is 66.5 Å². The minimum Gasteiger partial charge on any atom is -0.481 e. The number of nitrogens with one attached hydrogen (secondary N) is 1. The average Bonchev–Trinajstić information content (AvgIpc) is 3.24. The highest BCUT2D eigenvalue weighted by Gasteiger charge is 2.35. The first kappa shape index (κ1) is 29.6. The number of hydrogen-bond acceptors (Lipinski definition) is 6. The summed E-state index contributed by atoms with van der Waals surface area (Å²) in [5, 5.41) is 12.0. The number of fused-ring (bicyclic) bond motifs is 1. The highest BCUT2D eigenvalue weighted by molar-refractivity contribution is 6.24. The molecule has 4 rings (SSSR count). The van der Waals surface area contributed by atoms with Gasteiger partial charge >= 0.3 is 5.97 Å². The van der Waals surface area contributed by atoms with Crippen LogP contribution in [0.4, 0.5) is 21.5 Å². The second kappa shape index (κ2) is 12.8. The van der Waals surface area contributed by atoms with E-state index in [4.69, 9.17) is 4.99 Å². The number of carboxylic acid groups (broad SMARTS) is 1. The van der Waals surface area contributed by atoms with Crippen molar-refractivity contribution in [3.63, 3.8) is 0 Å². The van der Waals surface area contributed by atoms with Gasteiger partial charge in [-0.3, -0.25) is 24.3 Å². The third kappa shape index (κ3) is 7.41. The summed E-state index contributed by atoms with van der Waals surface area (Å²) in [5.41, 5.74) is 3.74. The Morgan fingerprint density at radius 2 is 1.71 bits per heavy atom. The summed E-state index contributed by atoms with van der Waals surface area (Å²) in [6.45, 7) is 1.89. The van der Waals surface area contributed by atoms with Crippen molar-refractivity contribution in [1.29, 1.82) is 0 Å². The van der Waals surface area contributed by atoms with Crippen LogP contribution in [-0.4, -0.2) is 86.2 Å². The van der Waals surface area contributed by atoms with Crippen molar-refractivity contribution < 1.29 is 23.9 Å². The Labute approximate surface area is 238 Å². The lowest BCUT2D eigenvalue weighted by Crippen LogP contribution is -2.39. The molecule has 2 amide bonds. The Morgan fingerprint density at radius 3 is 2.39 bits per heavy atom. The summed E-state index contributed by atoms with van der Waals surface area (Å²) in [6.07, 6.45) is -0.181. The highest BCUT2D eigenvalue weighted by Crippen LogP contribution is 2.37. The predicted molar refractivity (Wildman–Crippen MR) is 158 cm³/mol. The Bertz CT molecular complexity index is 1470. The van der Waals surface area contributed by atoms with Crippen molar-refractivity contribution in [1.82, 2.24) is 9.80 Å². The van der Waals surface area contributed by atoms with E-state index in [-0.39, 0.29) is 24.8 Å². The number of aliphatic carboxylic acids is 1. The molecule has 0 aliphatic carbocycles. The number of halogens is 1. The predicted octanol–water partition coefficient (Wildman–Crippen LogP) is 3.77. The minimum absolute atomic E-state index is 0.0510. The zero-order valence-electron chi connectivity index (χ0n) is 23.6. The monoisotopic (exact) mass is 559 g/mol. The molecule has 0 fully saturated rings. The molecule has 9 nitrogen and oxygen atoms in total. The third-order valence-corrected chi connectivity index (χ3v) is 6.89. The van der Waals surface area contributed by atoms with Gasteiger partial charge in [-0.1, -0.05) is 24.3 Å². The first-order valence-corrected chi connectivity index (χ1v) is 13.2. The summed E-state index contributed by atoms with van der Waals surface area (Å²) in [6, 6.07) is 18.1. The van der Waals surface area contributed by atoms with Gasteiger partial charge in [0.2, 0.25) is 11.8 Å². The molecule has 0 bridgehead atoms. The van der Waals surface area contributed by atoms with Crippen LogP contribution in [0.25, 0.3) is 0 Å². The molecule has 1 unspecified atom stereocenters. The van der Waals surface area contributed by atoms with Crippen LogP contribution in [0.1, 0.15) is 22.6 Å². The van der Waals surface area contributed by atoms with Crippen molar-refractivity contribution in [3.8, 4) is 0 Å². The van der Waals surface area contributed by atoms with E-state index in [0.717, 1.165) is 13.1 Å². The molecule has 3 aromatic carbocycles. The quantitative estimate of drug-likeness (QED) is 0.347. The van der Waals surface area contributed by atoms with Crippen LogP contribution in [0.5, 0.6) is 0 Å². The Kier molecular flexibility index (Phi) is 9.26. The zero-order valence-corrected chi connectivity index (χ0v) is 23.6. The maximum atomic E-state index is 13.9. The SMILES string of the molecule is CN(C)CCN(C)CC(=O)N(C)c1ccc(N=C(c2cccc(CC(=O)O)c2)C2C(=O)Nc3cc(F)ccc32)cc1. The molecule has 3 aromatic rings. The molecular weight excluding hydrogens is 525 g/mol. The van der Waals surface area contributed by atoms with Gasteiger partial charge in [-0.15, -0.1) is 0 Å². The van der Waals surface area contributed by atoms with Crippen molar-refractivity contribution >= 4 is 40.6 Å². The smallest absolute Gasteiger partial charge is 0.307 e. The number of anilines is 2. The zero-order chi connectivity index (χ0) is 29.7. The number of amides is 2. The summed E-state index contributed by atoms with van der Waals surface area (Å²) >= 11 is 0. The van der Waals surface area contributed by atoms with Gasteiger partial charge in [-0.05, 0) is 80.3 Å². The number of aliphatic imine (C=N–C) groups is 1. The lowest BCUT2D eigenvalue weighted by atomic mass is 9.89. The normalized spacial score (nSPS) is 14.8. The van der Waals surface area contributed by atoms with Gasteiger partial charge in [0.05, 0.1) is 24.4 Å². The molecule has 2 N–H and O–H groups in total. The fourth-order valence-electron chi connectivity index (χ4n) is 4.64. The molecule has 0 spiro atoms. The fourth-order valence-corrected chi connectivity index (χ4v) is 4.64. The number of rotatable bonds is 11. The highest BCUT2D eigenvalue weighted by atomic mass is 19.1. The Hall–Kier alpha value is -4.41. The molecule has 1 heterocycles. The van der Waals surface area contributed by atoms with Crippen molar-refractivity contribution in [2.45, 2.75) is 12.3 Å². The lowest BCUT2D eigenvalue weighted by Gasteiger charge is -2.23. The molecule has 0 aromatic heterocycles. The van der Waals surface area contributed by atoms with E-state index in [0.29, 0.717) is 39.5 Å². The van der Waals surface area contributed by atoms with Gasteiger partial charge in [0.1, 0.15) is 11.7 Å². The molecule has 1 atom stereocenters. The summed E-state index contributed by atoms with van der Waals surface area (Å²) < 4.78 is 13.9. The van der Waals surface area contributed by atoms with Crippen molar-refractivity contribution in [2.75, 3.05) is 58.0 Å². The molecule has 10 heteroatoms. The van der Waals surface area contributed by atoms with E-state index in [1.807, 2.05) is 26.0 Å². The van der Waals surface area contributed by atoms with Crippen LogP contribution < -0.4 is 10.2 Å². The number of hydrogen-bond donors (Lipinski definition) is 2. The second-order valence-corrected chi connectivity index (χ2v) is 10.4. The van der Waals surface area contributed by atoms with E-state index in [1.165, 1.54) is 12.1 Å². The van der Waals surface area contributed by atoms with Crippen LogP contribution in [0.3, 0.4) is 0 Å². The van der Waals surface area contributed by atoms with Gasteiger partial charge in [0.15, 0.2) is 0 Å². The van der Waals surface area contributed by atoms with Crippen molar-refractivity contribution in [3.05, 3.63) is 89.2 Å². The number of benzene rings is 3. The van der Waals surface area contributed by atoms with Gasteiger partial charge in [-0.25, -0.2) is 4.39 Å². The molecule has 41 heavy (non-hydrogen) atoms. The summed E-state index contributed by atoms with van der Waals surface area (Å²) in [4.78, 5) is 47.8. The molecule has 0 saturated heterocycles. The van der Waals surface area contributed by atoms with Crippen molar-refractivity contribution in [2.24, 2.45) is 4.99 Å². The molecule has 214 valence electrons. The van der Waals surface area contributed by atoms with E-state index < -0.39 is 17.7 Å². The lowest BCUT2D eigenvalue weighted by molar-refractivity contribution is -0.136. The second-order valence-electron chi connectivity index (χ2n) is 10.4. The van der Waals surface area contributed by atoms with Crippen LogP contribution in [0, 0.1) is 5.82 Å². The molecule has 0 saturated carbocycles. The number of carboxylic acids is 1. The first-order valence-electron chi connectivity index (χ1n) is 13.2. The number of carbonyl (C=O) groups excluding carboxylic acids is 2. The minimum atomic E-state index is -0.974. The third-order valence-electron chi connectivity index (χ3n) is 6.89. The Morgan fingerprint density at radius 1 is 0.976 bits per heavy atom. The number of likely N-dealkylation sites (N-methyl/N-ethyl adjacent to an activating group) is 3. The number of nitrogens with zero attached hydrogens (tertiary/aromatic N) is 4. The molecule has 1 aliphatic rings. The van der Waals surface area contributed by atoms with Crippen LogP contribution in [0.15, 0.2) is 71.7 Å². The average molecular weight is 560 g/mol. The maximum Gasteiger partial charge on any atom is 0.307 e. The van der Waals surface area contributed by atoms with Gasteiger partial charge in [0.25, 0.3) is 0 Å². The topological polar surface area (TPSA) is 106 Å². The van der Waals surface area contributed by atoms with Crippen LogP contribution in [0.2, 0.25) is 0 Å². The fraction of sp³-hybridized carbons (Fsp3) is 0.290. The largest absolute Gasteiger partial charge is 0.481 e. The molecular formula is C31H34FN5O4. The summed E-state index contributed by atoms with van der Waals surface area (Å²) in [7, 11) is 7.61. The van der Waals surface area contributed by atoms with Gasteiger partial charge < -0.3 is 20.2 Å². The van der Waals surface area contributed by atoms with Crippen LogP contribution >= 0.6 is 0 Å². The van der Waals surface area contributed by atoms with E-state index in [2.05, 4.69) is 10.2 Å². The van der Waals surface area contributed by atoms with Gasteiger partial charge in [0, 0.05) is 31.5 Å². The van der Waals surface area contributed by atoms with Crippen LogP contribution in [-0.2, 0) is 20.8 Å². The Balaban J connectivity index is 1.65. The molecule has 0 radical (unpaired) electrons. The first-order chi connectivity index (χ1) is 19.5. The van der Waals surface area contributed by atoms with Gasteiger partial charge in [-0.2, -0.15) is 0 Å². The molecule has 1 aliphatic heterocycles.